The van der Waals surface area contributed by atoms with Crippen molar-refractivity contribution in [3.8, 4) is 5.75 Å². The maximum atomic E-state index is 12.5. The zero-order chi connectivity index (χ0) is 17.8. The summed E-state index contributed by atoms with van der Waals surface area (Å²) in [6.07, 6.45) is 4.58. The molecule has 0 radical (unpaired) electrons. The van der Waals surface area contributed by atoms with E-state index in [1.54, 1.807) is 6.07 Å². The summed E-state index contributed by atoms with van der Waals surface area (Å²) in [6.45, 7) is 6.39. The van der Waals surface area contributed by atoms with E-state index in [2.05, 4.69) is 17.4 Å². The Hall–Kier alpha value is -2.30. The van der Waals surface area contributed by atoms with Gasteiger partial charge in [0.15, 0.2) is 0 Å². The predicted molar refractivity (Wildman–Crippen MR) is 95.6 cm³/mol. The standard InChI is InChI=1S/C20H26N2O3/c1-13-6-4-8-17(10-13)21-20(23)16-7-5-9-18(11-16)24-12-19-14(2)22-25-15(19)3/h5,7,9,11,13,17H,4,6,8,10,12H2,1-3H3,(H,21,23). The molecule has 2 aromatic rings. The minimum absolute atomic E-state index is 0.0260. The van der Waals surface area contributed by atoms with Crippen molar-refractivity contribution in [2.24, 2.45) is 5.92 Å². The Morgan fingerprint density at radius 1 is 1.36 bits per heavy atom. The average Bonchev–Trinajstić information content (AvgIpc) is 2.91. The number of nitrogens with zero attached hydrogens (tertiary/aromatic N) is 1. The predicted octanol–water partition coefficient (Wildman–Crippen LogP) is 4.18. The highest BCUT2D eigenvalue weighted by Crippen LogP contribution is 2.24. The van der Waals surface area contributed by atoms with Crippen molar-refractivity contribution in [2.45, 2.75) is 59.1 Å². The molecule has 25 heavy (non-hydrogen) atoms. The minimum atomic E-state index is -0.0260. The molecule has 0 saturated heterocycles. The van der Waals surface area contributed by atoms with Crippen molar-refractivity contribution in [1.82, 2.24) is 10.5 Å². The van der Waals surface area contributed by atoms with Gasteiger partial charge in [-0.25, -0.2) is 0 Å². The molecule has 0 aliphatic heterocycles. The number of hydrogen-bond donors (Lipinski definition) is 1. The number of aryl methyl sites for hydroxylation is 2. The molecule has 5 nitrogen and oxygen atoms in total. The Bertz CT molecular complexity index is 719. The molecule has 1 amide bonds. The van der Waals surface area contributed by atoms with Crippen molar-refractivity contribution in [2.75, 3.05) is 0 Å². The Morgan fingerprint density at radius 3 is 2.92 bits per heavy atom. The number of carbonyl (C=O) groups excluding carboxylic acids is 1. The van der Waals surface area contributed by atoms with Crippen molar-refractivity contribution < 1.29 is 14.1 Å². The molecule has 0 bridgehead atoms. The van der Waals surface area contributed by atoms with Gasteiger partial charge >= 0.3 is 0 Å². The number of benzene rings is 1. The van der Waals surface area contributed by atoms with E-state index in [0.29, 0.717) is 23.8 Å². The molecule has 1 aliphatic carbocycles. The topological polar surface area (TPSA) is 64.4 Å². The molecular weight excluding hydrogens is 316 g/mol. The van der Waals surface area contributed by atoms with Crippen molar-refractivity contribution in [3.05, 3.63) is 46.8 Å². The van der Waals surface area contributed by atoms with Gasteiger partial charge in [0, 0.05) is 11.6 Å². The Kier molecular flexibility index (Phi) is 5.41. The largest absolute Gasteiger partial charge is 0.489 e. The highest BCUT2D eigenvalue weighted by molar-refractivity contribution is 5.94. The molecule has 2 atom stereocenters. The third-order valence-corrected chi connectivity index (χ3v) is 4.93. The molecule has 1 aromatic heterocycles. The molecule has 1 heterocycles. The number of rotatable bonds is 5. The second kappa shape index (κ2) is 7.72. The quantitative estimate of drug-likeness (QED) is 0.885. The Balaban J connectivity index is 1.61. The summed E-state index contributed by atoms with van der Waals surface area (Å²) in [4.78, 5) is 12.5. The summed E-state index contributed by atoms with van der Waals surface area (Å²) >= 11 is 0. The molecule has 1 aromatic carbocycles. The van der Waals surface area contributed by atoms with Gasteiger partial charge in [0.05, 0.1) is 11.3 Å². The Morgan fingerprint density at radius 2 is 2.20 bits per heavy atom. The number of amides is 1. The molecule has 1 aliphatic rings. The summed E-state index contributed by atoms with van der Waals surface area (Å²) in [5.74, 6) is 2.09. The average molecular weight is 342 g/mol. The third-order valence-electron chi connectivity index (χ3n) is 4.93. The van der Waals surface area contributed by atoms with E-state index in [-0.39, 0.29) is 11.9 Å². The van der Waals surface area contributed by atoms with Crippen molar-refractivity contribution >= 4 is 5.91 Å². The zero-order valence-corrected chi connectivity index (χ0v) is 15.2. The van der Waals surface area contributed by atoms with Gasteiger partial charge in [-0.05, 0) is 50.8 Å². The van der Waals surface area contributed by atoms with Crippen LogP contribution in [-0.2, 0) is 6.61 Å². The number of ether oxygens (including phenoxy) is 1. The van der Waals surface area contributed by atoms with Crippen LogP contribution in [0.1, 0.15) is 60.0 Å². The van der Waals surface area contributed by atoms with Gasteiger partial charge in [0.25, 0.3) is 5.91 Å². The van der Waals surface area contributed by atoms with Crippen LogP contribution in [0.15, 0.2) is 28.8 Å². The second-order valence-corrected chi connectivity index (χ2v) is 7.06. The molecule has 1 fully saturated rings. The van der Waals surface area contributed by atoms with Crippen LogP contribution >= 0.6 is 0 Å². The maximum absolute atomic E-state index is 12.5. The molecule has 1 N–H and O–H groups in total. The molecule has 134 valence electrons. The normalized spacial score (nSPS) is 20.3. The van der Waals surface area contributed by atoms with E-state index in [9.17, 15) is 4.79 Å². The Labute approximate surface area is 148 Å². The SMILES string of the molecule is Cc1noc(C)c1COc1cccc(C(=O)NC2CCCC(C)C2)c1. The molecule has 5 heteroatoms. The number of aromatic nitrogens is 1. The van der Waals surface area contributed by atoms with Crippen LogP contribution in [0, 0.1) is 19.8 Å². The van der Waals surface area contributed by atoms with Crippen LogP contribution < -0.4 is 10.1 Å². The van der Waals surface area contributed by atoms with Crippen LogP contribution in [0.2, 0.25) is 0 Å². The molecular formula is C20H26N2O3. The highest BCUT2D eigenvalue weighted by atomic mass is 16.5. The zero-order valence-electron chi connectivity index (χ0n) is 15.2. The third kappa shape index (κ3) is 4.41. The number of nitrogens with one attached hydrogen (secondary N) is 1. The lowest BCUT2D eigenvalue weighted by Crippen LogP contribution is -2.37. The van der Waals surface area contributed by atoms with E-state index in [4.69, 9.17) is 9.26 Å². The lowest BCUT2D eigenvalue weighted by Gasteiger charge is -2.27. The molecule has 0 spiro atoms. The number of carbonyl (C=O) groups is 1. The van der Waals surface area contributed by atoms with Gasteiger partial charge in [-0.2, -0.15) is 0 Å². The summed E-state index contributed by atoms with van der Waals surface area (Å²) in [6, 6.07) is 7.60. The van der Waals surface area contributed by atoms with Gasteiger partial charge in [-0.15, -0.1) is 0 Å². The highest BCUT2D eigenvalue weighted by Gasteiger charge is 2.21. The van der Waals surface area contributed by atoms with Crippen molar-refractivity contribution in [3.63, 3.8) is 0 Å². The maximum Gasteiger partial charge on any atom is 0.251 e. The first-order valence-electron chi connectivity index (χ1n) is 8.98. The van der Waals surface area contributed by atoms with Crippen LogP contribution in [0.25, 0.3) is 0 Å². The van der Waals surface area contributed by atoms with Gasteiger partial charge in [0.1, 0.15) is 18.1 Å². The second-order valence-electron chi connectivity index (χ2n) is 7.06. The fourth-order valence-electron chi connectivity index (χ4n) is 3.42. The van der Waals surface area contributed by atoms with Crippen LogP contribution in [0.3, 0.4) is 0 Å². The van der Waals surface area contributed by atoms with Gasteiger partial charge in [-0.3, -0.25) is 4.79 Å². The fourth-order valence-corrected chi connectivity index (χ4v) is 3.42. The molecule has 2 unspecified atom stereocenters. The van der Waals surface area contributed by atoms with Gasteiger partial charge in [-0.1, -0.05) is 31.0 Å². The lowest BCUT2D eigenvalue weighted by atomic mass is 9.87. The summed E-state index contributed by atoms with van der Waals surface area (Å²) < 4.78 is 11.0. The minimum Gasteiger partial charge on any atom is -0.489 e. The summed E-state index contributed by atoms with van der Waals surface area (Å²) in [5, 5.41) is 7.09. The fraction of sp³-hybridized carbons (Fsp3) is 0.500. The first kappa shape index (κ1) is 17.5. The monoisotopic (exact) mass is 342 g/mol. The summed E-state index contributed by atoms with van der Waals surface area (Å²) in [7, 11) is 0. The van der Waals surface area contributed by atoms with E-state index in [1.807, 2.05) is 32.0 Å². The van der Waals surface area contributed by atoms with Gasteiger partial charge < -0.3 is 14.6 Å². The first-order chi connectivity index (χ1) is 12.0. The molecule has 1 saturated carbocycles. The molecule has 3 rings (SSSR count). The van der Waals surface area contributed by atoms with E-state index in [1.165, 1.54) is 12.8 Å². The van der Waals surface area contributed by atoms with E-state index < -0.39 is 0 Å². The van der Waals surface area contributed by atoms with Gasteiger partial charge in [0.2, 0.25) is 0 Å². The van der Waals surface area contributed by atoms with Crippen LogP contribution in [0.5, 0.6) is 5.75 Å². The van der Waals surface area contributed by atoms with Crippen LogP contribution in [-0.4, -0.2) is 17.1 Å². The van der Waals surface area contributed by atoms with Crippen LogP contribution in [0.4, 0.5) is 0 Å². The van der Waals surface area contributed by atoms with E-state index in [0.717, 1.165) is 29.9 Å². The smallest absolute Gasteiger partial charge is 0.251 e. The number of hydrogen-bond acceptors (Lipinski definition) is 4. The van der Waals surface area contributed by atoms with E-state index >= 15 is 0 Å². The van der Waals surface area contributed by atoms with Crippen molar-refractivity contribution in [1.29, 1.82) is 0 Å². The summed E-state index contributed by atoms with van der Waals surface area (Å²) in [5.41, 5.74) is 2.42. The lowest BCUT2D eigenvalue weighted by molar-refractivity contribution is 0.0921. The first-order valence-corrected chi connectivity index (χ1v) is 8.98.